The van der Waals surface area contributed by atoms with Gasteiger partial charge in [0.15, 0.2) is 0 Å². The number of carboxylic acids is 1. The highest BCUT2D eigenvalue weighted by atomic mass is 19.1. The van der Waals surface area contributed by atoms with E-state index in [2.05, 4.69) is 27.8 Å². The number of aromatic nitrogens is 2. The maximum Gasteiger partial charge on any atom is 0.326 e. The number of fused-ring (bicyclic) bond motifs is 1. The topological polar surface area (TPSA) is 117 Å². The average Bonchev–Trinajstić information content (AvgIpc) is 2.89. The predicted octanol–water partition coefficient (Wildman–Crippen LogP) is 2.72. The Morgan fingerprint density at radius 3 is 2.89 bits per heavy atom. The lowest BCUT2D eigenvalue weighted by molar-refractivity contribution is -0.139. The van der Waals surface area contributed by atoms with E-state index in [0.29, 0.717) is 13.1 Å². The van der Waals surface area contributed by atoms with Crippen molar-refractivity contribution in [3.8, 4) is 0 Å². The smallest absolute Gasteiger partial charge is 0.326 e. The molecule has 2 aromatic heterocycles. The van der Waals surface area contributed by atoms with Crippen molar-refractivity contribution < 1.29 is 23.8 Å². The number of hydrogen-bond acceptors (Lipinski definition) is 7. The third-order valence-electron chi connectivity index (χ3n) is 6.17. The lowest BCUT2D eigenvalue weighted by atomic mass is 10.1. The van der Waals surface area contributed by atoms with Crippen LogP contribution in [0.2, 0.25) is 0 Å². The molecule has 1 aliphatic heterocycles. The van der Waals surface area contributed by atoms with E-state index in [1.54, 1.807) is 12.1 Å². The van der Waals surface area contributed by atoms with Crippen LogP contribution in [0.15, 0.2) is 36.7 Å². The van der Waals surface area contributed by atoms with Crippen molar-refractivity contribution >= 4 is 17.7 Å². The van der Waals surface area contributed by atoms with Crippen molar-refractivity contribution in [1.29, 1.82) is 0 Å². The van der Waals surface area contributed by atoms with Crippen LogP contribution in [0.3, 0.4) is 0 Å². The normalized spacial score (nSPS) is 14.5. The van der Waals surface area contributed by atoms with E-state index in [0.717, 1.165) is 50.2 Å². The first-order chi connectivity index (χ1) is 17.5. The summed E-state index contributed by atoms with van der Waals surface area (Å²) in [6, 6.07) is 6.30. The maximum absolute atomic E-state index is 14.3. The molecule has 3 heterocycles. The number of pyridine rings is 2. The van der Waals surface area contributed by atoms with Gasteiger partial charge < -0.3 is 25.4 Å². The van der Waals surface area contributed by atoms with E-state index >= 15 is 0 Å². The lowest BCUT2D eigenvalue weighted by Gasteiger charge is -2.25. The second kappa shape index (κ2) is 14.4. The third kappa shape index (κ3) is 8.83. The molecule has 36 heavy (non-hydrogen) atoms. The first-order valence-electron chi connectivity index (χ1n) is 12.5. The number of carbonyl (C=O) groups excluding carboxylic acids is 1. The molecule has 2 aromatic rings. The third-order valence-corrected chi connectivity index (χ3v) is 6.17. The summed E-state index contributed by atoms with van der Waals surface area (Å²) < 4.78 is 19.3. The molecule has 196 valence electrons. The number of nitrogens with one attached hydrogen (secondary N) is 2. The van der Waals surface area contributed by atoms with Crippen LogP contribution in [-0.2, 0) is 22.4 Å². The molecular formula is C26H36FN5O4. The molecule has 0 saturated carbocycles. The minimum absolute atomic E-state index is 0.0252. The summed E-state index contributed by atoms with van der Waals surface area (Å²) >= 11 is 0. The summed E-state index contributed by atoms with van der Waals surface area (Å²) in [4.78, 5) is 34.7. The molecular weight excluding hydrogens is 465 g/mol. The highest BCUT2D eigenvalue weighted by molar-refractivity contribution is 5.96. The van der Waals surface area contributed by atoms with Gasteiger partial charge in [-0.1, -0.05) is 6.07 Å². The van der Waals surface area contributed by atoms with E-state index < -0.39 is 24.1 Å². The summed E-state index contributed by atoms with van der Waals surface area (Å²) in [7, 11) is 1.45. The number of carbonyl (C=O) groups is 2. The zero-order valence-electron chi connectivity index (χ0n) is 20.8. The largest absolute Gasteiger partial charge is 0.480 e. The number of ether oxygens (including phenoxy) is 1. The van der Waals surface area contributed by atoms with Crippen LogP contribution in [0.1, 0.15) is 47.3 Å². The molecule has 3 N–H and O–H groups in total. The van der Waals surface area contributed by atoms with E-state index in [1.807, 2.05) is 4.90 Å². The number of aryl methyl sites for hydroxylation is 2. The molecule has 0 spiro atoms. The Kier molecular flexibility index (Phi) is 11.0. The zero-order valence-corrected chi connectivity index (χ0v) is 20.8. The molecule has 1 amide bonds. The van der Waals surface area contributed by atoms with Crippen LogP contribution < -0.4 is 10.6 Å². The number of nitrogens with zero attached hydrogens (tertiary/aromatic N) is 3. The molecule has 0 saturated heterocycles. The fraction of sp³-hybridized carbons (Fsp3) is 0.538. The van der Waals surface area contributed by atoms with Crippen LogP contribution in [0.25, 0.3) is 0 Å². The minimum Gasteiger partial charge on any atom is -0.480 e. The summed E-state index contributed by atoms with van der Waals surface area (Å²) in [5.74, 6) is -0.655. The average molecular weight is 502 g/mol. The van der Waals surface area contributed by atoms with E-state index in [4.69, 9.17) is 9.72 Å². The van der Waals surface area contributed by atoms with Crippen molar-refractivity contribution in [3.63, 3.8) is 0 Å². The summed E-state index contributed by atoms with van der Waals surface area (Å²) in [6.45, 7) is 2.00. The van der Waals surface area contributed by atoms with Crippen molar-refractivity contribution in [2.75, 3.05) is 45.2 Å². The van der Waals surface area contributed by atoms with Gasteiger partial charge in [-0.15, -0.1) is 0 Å². The Labute approximate surface area is 211 Å². The number of hydrogen-bond donors (Lipinski definition) is 3. The van der Waals surface area contributed by atoms with Gasteiger partial charge in [0.2, 0.25) is 0 Å². The van der Waals surface area contributed by atoms with Crippen molar-refractivity contribution in [1.82, 2.24) is 20.2 Å². The van der Waals surface area contributed by atoms with Gasteiger partial charge in [0.25, 0.3) is 5.91 Å². The maximum atomic E-state index is 14.3. The number of rotatable bonds is 15. The van der Waals surface area contributed by atoms with Crippen LogP contribution in [0, 0.1) is 0 Å². The van der Waals surface area contributed by atoms with E-state index in [-0.39, 0.29) is 25.1 Å². The lowest BCUT2D eigenvalue weighted by Crippen LogP contribution is -2.44. The molecule has 0 aliphatic carbocycles. The molecule has 1 aliphatic rings. The van der Waals surface area contributed by atoms with Gasteiger partial charge in [-0.25, -0.2) is 14.2 Å². The molecule has 0 aromatic carbocycles. The summed E-state index contributed by atoms with van der Waals surface area (Å²) in [5, 5.41) is 15.5. The summed E-state index contributed by atoms with van der Waals surface area (Å²) in [5.41, 5.74) is 2.57. The number of alkyl halides is 1. The van der Waals surface area contributed by atoms with Crippen molar-refractivity contribution in [2.45, 2.75) is 50.7 Å². The first-order valence-corrected chi connectivity index (χ1v) is 12.5. The molecule has 9 nitrogen and oxygen atoms in total. The molecule has 2 unspecified atom stereocenters. The molecule has 0 fully saturated rings. The molecule has 0 bridgehead atoms. The Morgan fingerprint density at radius 1 is 1.28 bits per heavy atom. The number of halogens is 1. The molecule has 0 radical (unpaired) electrons. The number of anilines is 1. The van der Waals surface area contributed by atoms with Gasteiger partial charge >= 0.3 is 5.97 Å². The van der Waals surface area contributed by atoms with Crippen LogP contribution in [0.4, 0.5) is 10.2 Å². The minimum atomic E-state index is -1.18. The molecule has 10 heteroatoms. The van der Waals surface area contributed by atoms with Gasteiger partial charge in [-0.3, -0.25) is 9.78 Å². The number of amides is 1. The van der Waals surface area contributed by atoms with Crippen molar-refractivity contribution in [3.05, 3.63) is 53.5 Å². The SMILES string of the molecule is COCC(F)CN(CCCCc1ccc2c(n1)NCCC2)CCC(NC(=O)c1cccnc1)C(=O)O. The fourth-order valence-corrected chi connectivity index (χ4v) is 4.27. The number of aliphatic carboxylic acids is 1. The predicted molar refractivity (Wildman–Crippen MR) is 135 cm³/mol. The van der Waals surface area contributed by atoms with Gasteiger partial charge in [0.05, 0.1) is 12.2 Å². The van der Waals surface area contributed by atoms with Gasteiger partial charge in [-0.2, -0.15) is 0 Å². The Hall–Kier alpha value is -3.11. The summed E-state index contributed by atoms with van der Waals surface area (Å²) in [6.07, 6.45) is 6.57. The van der Waals surface area contributed by atoms with E-state index in [1.165, 1.54) is 25.1 Å². The second-order valence-corrected chi connectivity index (χ2v) is 9.05. The Morgan fingerprint density at radius 2 is 2.14 bits per heavy atom. The number of unbranched alkanes of at least 4 members (excludes halogenated alkanes) is 1. The van der Waals surface area contributed by atoms with Crippen molar-refractivity contribution in [2.24, 2.45) is 0 Å². The van der Waals surface area contributed by atoms with Crippen LogP contribution >= 0.6 is 0 Å². The van der Waals surface area contributed by atoms with Gasteiger partial charge in [0.1, 0.15) is 18.0 Å². The Balaban J connectivity index is 1.51. The molecule has 2 atom stereocenters. The second-order valence-electron chi connectivity index (χ2n) is 9.05. The highest BCUT2D eigenvalue weighted by Crippen LogP contribution is 2.20. The first kappa shape index (κ1) is 27.5. The van der Waals surface area contributed by atoms with Crippen LogP contribution in [0.5, 0.6) is 0 Å². The monoisotopic (exact) mass is 501 g/mol. The molecule has 3 rings (SSSR count). The fourth-order valence-electron chi connectivity index (χ4n) is 4.27. The van der Waals surface area contributed by atoms with Crippen LogP contribution in [-0.4, -0.2) is 84.0 Å². The number of methoxy groups -OCH3 is 1. The standard InChI is InChI=1S/C26H36FN5O4/c1-36-18-21(27)17-32(14-3-2-8-22-10-9-19-6-5-13-29-24(19)30-22)15-11-23(26(34)35)31-25(33)20-7-4-12-28-16-20/h4,7,9-10,12,16,21,23H,2-3,5-6,8,11,13-15,17-18H2,1H3,(H,29,30)(H,31,33)(H,34,35). The Bertz CT molecular complexity index is 978. The van der Waals surface area contributed by atoms with Gasteiger partial charge in [0, 0.05) is 44.8 Å². The van der Waals surface area contributed by atoms with Gasteiger partial charge in [-0.05, 0) is 68.8 Å². The van der Waals surface area contributed by atoms with E-state index in [9.17, 15) is 19.1 Å². The zero-order chi connectivity index (χ0) is 25.8. The highest BCUT2D eigenvalue weighted by Gasteiger charge is 2.23. The quantitative estimate of drug-likeness (QED) is 0.319. The number of carboxylic acid groups (broad SMARTS) is 1.